The van der Waals surface area contributed by atoms with Crippen molar-refractivity contribution in [3.8, 4) is 5.75 Å². The number of ether oxygens (including phenoxy) is 1. The Morgan fingerprint density at radius 2 is 1.65 bits per heavy atom. The molecule has 0 saturated carbocycles. The summed E-state index contributed by atoms with van der Waals surface area (Å²) in [4.78, 5) is 17.1. The maximum absolute atomic E-state index is 13.9. The smallest absolute Gasteiger partial charge is 0.261 e. The molecule has 0 bridgehead atoms. The lowest BCUT2D eigenvalue weighted by atomic mass is 10.1. The molecule has 0 radical (unpaired) electrons. The Morgan fingerprint density at radius 1 is 0.971 bits per heavy atom. The van der Waals surface area contributed by atoms with Crippen LogP contribution in [0.3, 0.4) is 0 Å². The first kappa shape index (κ1) is 23.7. The summed E-state index contributed by atoms with van der Waals surface area (Å²) in [6.07, 6.45) is 0. The van der Waals surface area contributed by atoms with E-state index in [9.17, 15) is 9.18 Å². The molecule has 176 valence electrons. The van der Waals surface area contributed by atoms with Gasteiger partial charge in [-0.1, -0.05) is 30.3 Å². The summed E-state index contributed by atoms with van der Waals surface area (Å²) in [6.45, 7) is 4.10. The molecule has 1 aliphatic heterocycles. The molecule has 1 aliphatic rings. The lowest BCUT2D eigenvalue weighted by Gasteiger charge is -2.36. The zero-order chi connectivity index (χ0) is 23.9. The number of piperazine rings is 1. The molecule has 0 unspecified atom stereocenters. The molecule has 1 amide bonds. The van der Waals surface area contributed by atoms with Crippen LogP contribution in [0.25, 0.3) is 0 Å². The van der Waals surface area contributed by atoms with Gasteiger partial charge < -0.3 is 15.0 Å². The summed E-state index contributed by atoms with van der Waals surface area (Å²) in [6, 6.07) is 21.8. The van der Waals surface area contributed by atoms with Gasteiger partial charge in [0.05, 0.1) is 12.7 Å². The Labute approximate surface area is 204 Å². The minimum atomic E-state index is -0.333. The van der Waals surface area contributed by atoms with Crippen molar-refractivity contribution in [2.24, 2.45) is 0 Å². The second kappa shape index (κ2) is 11.1. The number of carbonyl (C=O) groups excluding carboxylic acids is 1. The zero-order valence-electron chi connectivity index (χ0n) is 19.0. The minimum absolute atomic E-state index is 0.148. The van der Waals surface area contributed by atoms with Gasteiger partial charge in [0.15, 0.2) is 5.11 Å². The first-order chi connectivity index (χ1) is 16.5. The number of anilines is 2. The van der Waals surface area contributed by atoms with E-state index in [4.69, 9.17) is 17.0 Å². The number of halogens is 1. The van der Waals surface area contributed by atoms with Gasteiger partial charge in [0.2, 0.25) is 0 Å². The molecule has 2 N–H and O–H groups in total. The molecule has 0 aliphatic carbocycles. The van der Waals surface area contributed by atoms with Crippen LogP contribution in [0.5, 0.6) is 5.75 Å². The molecule has 3 aromatic carbocycles. The number of amides is 1. The molecule has 1 fully saturated rings. The summed E-state index contributed by atoms with van der Waals surface area (Å²) >= 11 is 5.30. The predicted octanol–water partition coefficient (Wildman–Crippen LogP) is 4.28. The average Bonchev–Trinajstić information content (AvgIpc) is 2.86. The normalized spacial score (nSPS) is 13.9. The van der Waals surface area contributed by atoms with Crippen molar-refractivity contribution in [2.75, 3.05) is 43.5 Å². The van der Waals surface area contributed by atoms with Crippen LogP contribution in [0, 0.1) is 5.82 Å². The van der Waals surface area contributed by atoms with Gasteiger partial charge in [0.1, 0.15) is 11.6 Å². The highest BCUT2D eigenvalue weighted by atomic mass is 32.1. The fourth-order valence-corrected chi connectivity index (χ4v) is 4.16. The second-order valence-electron chi connectivity index (χ2n) is 8.01. The van der Waals surface area contributed by atoms with Gasteiger partial charge in [-0.15, -0.1) is 0 Å². The van der Waals surface area contributed by atoms with Crippen molar-refractivity contribution in [1.82, 2.24) is 10.2 Å². The van der Waals surface area contributed by atoms with E-state index >= 15 is 0 Å². The molecule has 0 aromatic heterocycles. The van der Waals surface area contributed by atoms with Gasteiger partial charge in [-0.05, 0) is 54.7 Å². The van der Waals surface area contributed by atoms with E-state index in [-0.39, 0.29) is 16.8 Å². The molecule has 4 rings (SSSR count). The molecule has 8 heteroatoms. The number of nitrogens with zero attached hydrogens (tertiary/aromatic N) is 2. The quantitative estimate of drug-likeness (QED) is 0.516. The number of methoxy groups -OCH3 is 1. The topological polar surface area (TPSA) is 56.8 Å². The molecule has 3 aromatic rings. The van der Waals surface area contributed by atoms with Gasteiger partial charge >= 0.3 is 0 Å². The van der Waals surface area contributed by atoms with E-state index in [1.165, 1.54) is 13.2 Å². The van der Waals surface area contributed by atoms with E-state index in [1.807, 2.05) is 36.4 Å². The summed E-state index contributed by atoms with van der Waals surface area (Å²) < 4.78 is 19.2. The Bertz CT molecular complexity index is 1150. The number of nitrogens with one attached hydrogen (secondary N) is 2. The molecule has 34 heavy (non-hydrogen) atoms. The number of hydrogen-bond acceptors (Lipinski definition) is 5. The van der Waals surface area contributed by atoms with Crippen LogP contribution in [0.4, 0.5) is 15.8 Å². The average molecular weight is 479 g/mol. The summed E-state index contributed by atoms with van der Waals surface area (Å²) in [5.74, 6) is 0.00556. The minimum Gasteiger partial charge on any atom is -0.496 e. The van der Waals surface area contributed by atoms with Crippen molar-refractivity contribution >= 4 is 34.6 Å². The van der Waals surface area contributed by atoms with Crippen LogP contribution in [-0.4, -0.2) is 49.2 Å². The van der Waals surface area contributed by atoms with Gasteiger partial charge in [0, 0.05) is 49.7 Å². The molecule has 0 atom stereocenters. The monoisotopic (exact) mass is 478 g/mol. The SMILES string of the molecule is COc1ccccc1C(=O)NC(=S)Nc1ccc(N2CCN(Cc3ccccc3F)CC2)cc1. The first-order valence-corrected chi connectivity index (χ1v) is 11.5. The number of para-hydroxylation sites is 1. The van der Waals surface area contributed by atoms with Crippen molar-refractivity contribution in [3.05, 3.63) is 89.7 Å². The van der Waals surface area contributed by atoms with Gasteiger partial charge in [-0.2, -0.15) is 0 Å². The third-order valence-electron chi connectivity index (χ3n) is 5.79. The largest absolute Gasteiger partial charge is 0.496 e. The van der Waals surface area contributed by atoms with Crippen LogP contribution in [0.1, 0.15) is 15.9 Å². The summed E-state index contributed by atoms with van der Waals surface area (Å²) in [5, 5.41) is 5.94. The Balaban J connectivity index is 1.27. The number of benzene rings is 3. The van der Waals surface area contributed by atoms with Gasteiger partial charge in [-0.25, -0.2) is 4.39 Å². The third kappa shape index (κ3) is 5.89. The van der Waals surface area contributed by atoms with Crippen LogP contribution < -0.4 is 20.3 Å². The van der Waals surface area contributed by atoms with Crippen LogP contribution in [-0.2, 0) is 6.54 Å². The zero-order valence-corrected chi connectivity index (χ0v) is 19.8. The Morgan fingerprint density at radius 3 is 2.35 bits per heavy atom. The van der Waals surface area contributed by atoms with Crippen molar-refractivity contribution in [1.29, 1.82) is 0 Å². The van der Waals surface area contributed by atoms with Crippen LogP contribution in [0.15, 0.2) is 72.8 Å². The van der Waals surface area contributed by atoms with E-state index in [1.54, 1.807) is 30.3 Å². The maximum atomic E-state index is 13.9. The molecule has 1 saturated heterocycles. The molecular formula is C26H27FN4O2S. The van der Waals surface area contributed by atoms with Gasteiger partial charge in [0.25, 0.3) is 5.91 Å². The Hall–Kier alpha value is -3.49. The Kier molecular flexibility index (Phi) is 7.72. The lowest BCUT2D eigenvalue weighted by molar-refractivity contribution is 0.0975. The van der Waals surface area contributed by atoms with E-state index < -0.39 is 0 Å². The summed E-state index contributed by atoms with van der Waals surface area (Å²) in [5.41, 5.74) is 3.05. The highest BCUT2D eigenvalue weighted by molar-refractivity contribution is 7.80. The first-order valence-electron chi connectivity index (χ1n) is 11.1. The molecule has 1 heterocycles. The standard InChI is InChI=1S/C26H27FN4O2S/c1-33-24-9-5-3-7-22(24)25(32)29-26(34)28-20-10-12-21(13-11-20)31-16-14-30(15-17-31)18-19-6-2-4-8-23(19)27/h2-13H,14-18H2,1H3,(H2,28,29,32,34). The van der Waals surface area contributed by atoms with Crippen molar-refractivity contribution in [3.63, 3.8) is 0 Å². The van der Waals surface area contributed by atoms with Crippen molar-refractivity contribution in [2.45, 2.75) is 6.54 Å². The van der Waals surface area contributed by atoms with Crippen LogP contribution in [0.2, 0.25) is 0 Å². The van der Waals surface area contributed by atoms with E-state index in [0.717, 1.165) is 43.1 Å². The predicted molar refractivity (Wildman–Crippen MR) is 137 cm³/mol. The second-order valence-corrected chi connectivity index (χ2v) is 8.42. The fourth-order valence-electron chi connectivity index (χ4n) is 3.95. The lowest BCUT2D eigenvalue weighted by Crippen LogP contribution is -2.46. The van der Waals surface area contributed by atoms with Crippen LogP contribution >= 0.6 is 12.2 Å². The molecule has 6 nitrogen and oxygen atoms in total. The maximum Gasteiger partial charge on any atom is 0.261 e. The number of rotatable bonds is 6. The number of hydrogen-bond donors (Lipinski definition) is 2. The molecular weight excluding hydrogens is 451 g/mol. The van der Waals surface area contributed by atoms with E-state index in [0.29, 0.717) is 17.9 Å². The number of thiocarbonyl (C=S) groups is 1. The van der Waals surface area contributed by atoms with E-state index in [2.05, 4.69) is 20.4 Å². The fraction of sp³-hybridized carbons (Fsp3) is 0.231. The highest BCUT2D eigenvalue weighted by Crippen LogP contribution is 2.21. The molecule has 0 spiro atoms. The highest BCUT2D eigenvalue weighted by Gasteiger charge is 2.18. The third-order valence-corrected chi connectivity index (χ3v) is 6.00. The summed E-state index contributed by atoms with van der Waals surface area (Å²) in [7, 11) is 1.52. The van der Waals surface area contributed by atoms with Gasteiger partial charge in [-0.3, -0.25) is 15.0 Å². The number of carbonyl (C=O) groups is 1. The van der Waals surface area contributed by atoms with Crippen molar-refractivity contribution < 1.29 is 13.9 Å².